The lowest BCUT2D eigenvalue weighted by molar-refractivity contribution is 0.0938. The molecule has 0 bridgehead atoms. The molecule has 1 aliphatic heterocycles. The van der Waals surface area contributed by atoms with E-state index in [9.17, 15) is 4.79 Å². The molecule has 2 rings (SSSR count). The van der Waals surface area contributed by atoms with Crippen molar-refractivity contribution in [1.29, 1.82) is 0 Å². The molecule has 0 saturated carbocycles. The van der Waals surface area contributed by atoms with E-state index < -0.39 is 0 Å². The van der Waals surface area contributed by atoms with Gasteiger partial charge in [0.25, 0.3) is 5.91 Å². The van der Waals surface area contributed by atoms with Crippen molar-refractivity contribution < 1.29 is 4.79 Å². The first-order valence-electron chi connectivity index (χ1n) is 5.79. The van der Waals surface area contributed by atoms with Gasteiger partial charge in [0.15, 0.2) is 0 Å². The largest absolute Gasteiger partial charge is 0.348 e. The van der Waals surface area contributed by atoms with Crippen LogP contribution < -0.4 is 5.32 Å². The third-order valence-corrected chi connectivity index (χ3v) is 5.04. The molecule has 1 fully saturated rings. The highest BCUT2D eigenvalue weighted by molar-refractivity contribution is 7.99. The van der Waals surface area contributed by atoms with Gasteiger partial charge in [0.2, 0.25) is 0 Å². The summed E-state index contributed by atoms with van der Waals surface area (Å²) in [5, 5.41) is 3.61. The number of carbonyl (C=O) groups is 1. The Labute approximate surface area is 121 Å². The Morgan fingerprint density at radius 2 is 2.28 bits per heavy atom. The quantitative estimate of drug-likeness (QED) is 0.911. The Morgan fingerprint density at radius 3 is 2.94 bits per heavy atom. The highest BCUT2D eigenvalue weighted by atomic mass is 35.5. The molecule has 0 radical (unpaired) electrons. The number of rotatable bonds is 2. The van der Waals surface area contributed by atoms with Gasteiger partial charge in [-0.15, -0.1) is 0 Å². The maximum absolute atomic E-state index is 12.1. The number of hydrogen-bond donors (Lipinski definition) is 1. The first kappa shape index (κ1) is 14.0. The van der Waals surface area contributed by atoms with Gasteiger partial charge in [-0.2, -0.15) is 11.8 Å². The molecule has 0 aliphatic carbocycles. The van der Waals surface area contributed by atoms with E-state index >= 15 is 0 Å². The summed E-state index contributed by atoms with van der Waals surface area (Å²) in [6.07, 6.45) is 3.63. The molecule has 1 unspecified atom stereocenters. The maximum atomic E-state index is 12.1. The molecule has 1 aliphatic rings. The van der Waals surface area contributed by atoms with Crippen molar-refractivity contribution in [2.75, 3.05) is 11.5 Å². The van der Waals surface area contributed by atoms with Crippen molar-refractivity contribution in [3.8, 4) is 0 Å². The lowest BCUT2D eigenvalue weighted by atomic mass is 10.1. The third kappa shape index (κ3) is 3.11. The first-order chi connectivity index (χ1) is 8.59. The molecule has 98 valence electrons. The normalized spacial score (nSPS) is 19.6. The third-order valence-electron chi connectivity index (χ3n) is 2.87. The predicted octanol–water partition coefficient (Wildman–Crippen LogP) is 3.32. The molecule has 0 aromatic carbocycles. The maximum Gasteiger partial charge on any atom is 0.254 e. The minimum atomic E-state index is -0.193. The second-order valence-corrected chi connectivity index (χ2v) is 6.18. The molecule has 6 heteroatoms. The average molecular weight is 305 g/mol. The summed E-state index contributed by atoms with van der Waals surface area (Å²) in [6, 6.07) is 0.215. The van der Waals surface area contributed by atoms with Crippen LogP contribution in [0.1, 0.15) is 28.9 Å². The Hall–Kier alpha value is -0.450. The van der Waals surface area contributed by atoms with Crippen molar-refractivity contribution in [2.24, 2.45) is 0 Å². The highest BCUT2D eigenvalue weighted by Gasteiger charge is 2.20. The second-order valence-electron chi connectivity index (χ2n) is 4.27. The molecular weight excluding hydrogens is 291 g/mol. The lowest BCUT2D eigenvalue weighted by Gasteiger charge is -2.22. The van der Waals surface area contributed by atoms with Gasteiger partial charge in [-0.25, -0.2) is 0 Å². The van der Waals surface area contributed by atoms with Crippen molar-refractivity contribution in [1.82, 2.24) is 10.3 Å². The average Bonchev–Trinajstić information content (AvgIpc) is 2.37. The summed E-state index contributed by atoms with van der Waals surface area (Å²) in [4.78, 5) is 16.2. The summed E-state index contributed by atoms with van der Waals surface area (Å²) in [6.45, 7) is 1.76. The molecule has 1 aromatic rings. The van der Waals surface area contributed by atoms with Crippen molar-refractivity contribution >= 4 is 40.9 Å². The number of aromatic nitrogens is 1. The van der Waals surface area contributed by atoms with Gasteiger partial charge in [0.05, 0.1) is 21.3 Å². The fourth-order valence-electron chi connectivity index (χ4n) is 1.83. The van der Waals surface area contributed by atoms with Crippen LogP contribution in [-0.4, -0.2) is 28.4 Å². The van der Waals surface area contributed by atoms with Crippen molar-refractivity contribution in [3.63, 3.8) is 0 Å². The van der Waals surface area contributed by atoms with Gasteiger partial charge < -0.3 is 5.32 Å². The molecule has 1 N–H and O–H groups in total. The van der Waals surface area contributed by atoms with Crippen LogP contribution in [0.5, 0.6) is 0 Å². The predicted molar refractivity (Wildman–Crippen MR) is 76.8 cm³/mol. The van der Waals surface area contributed by atoms with E-state index in [1.54, 1.807) is 6.92 Å². The van der Waals surface area contributed by atoms with E-state index in [1.165, 1.54) is 11.9 Å². The summed E-state index contributed by atoms with van der Waals surface area (Å²) in [5.41, 5.74) is 0.981. The number of carbonyl (C=O) groups excluding carboxylic acids is 1. The molecule has 0 spiro atoms. The molecule has 1 aromatic heterocycles. The molecular formula is C12H14Cl2N2OS. The van der Waals surface area contributed by atoms with Gasteiger partial charge >= 0.3 is 0 Å². The number of halogens is 2. The number of thioether (sulfide) groups is 1. The van der Waals surface area contributed by atoms with Gasteiger partial charge in [-0.1, -0.05) is 23.2 Å². The summed E-state index contributed by atoms with van der Waals surface area (Å²) < 4.78 is 0. The number of hydrogen-bond acceptors (Lipinski definition) is 3. The van der Waals surface area contributed by atoms with Crippen LogP contribution >= 0.6 is 35.0 Å². The van der Waals surface area contributed by atoms with Crippen LogP contribution in [0.25, 0.3) is 0 Å². The van der Waals surface area contributed by atoms with Crippen LogP contribution in [0.3, 0.4) is 0 Å². The number of amides is 1. The molecule has 18 heavy (non-hydrogen) atoms. The minimum Gasteiger partial charge on any atom is -0.348 e. The van der Waals surface area contributed by atoms with Gasteiger partial charge in [0.1, 0.15) is 0 Å². The van der Waals surface area contributed by atoms with Crippen LogP contribution in [-0.2, 0) is 0 Å². The molecule has 1 atom stereocenters. The summed E-state index contributed by atoms with van der Waals surface area (Å²) in [5.74, 6) is 1.93. The zero-order chi connectivity index (χ0) is 13.1. The monoisotopic (exact) mass is 304 g/mol. The molecule has 3 nitrogen and oxygen atoms in total. The fraction of sp³-hybridized carbons (Fsp3) is 0.500. The Bertz CT molecular complexity index is 462. The van der Waals surface area contributed by atoms with Crippen LogP contribution in [0, 0.1) is 6.92 Å². The number of pyridine rings is 1. The summed E-state index contributed by atoms with van der Waals surface area (Å²) in [7, 11) is 0. The van der Waals surface area contributed by atoms with E-state index in [0.29, 0.717) is 16.3 Å². The van der Waals surface area contributed by atoms with Gasteiger partial charge in [-0.05, 0) is 25.5 Å². The van der Waals surface area contributed by atoms with E-state index in [1.807, 2.05) is 11.8 Å². The van der Waals surface area contributed by atoms with Gasteiger partial charge in [0, 0.05) is 18.0 Å². The van der Waals surface area contributed by atoms with E-state index in [-0.39, 0.29) is 17.0 Å². The smallest absolute Gasteiger partial charge is 0.254 e. The van der Waals surface area contributed by atoms with E-state index in [2.05, 4.69) is 10.3 Å². The van der Waals surface area contributed by atoms with Crippen LogP contribution in [0.2, 0.25) is 10.0 Å². The zero-order valence-electron chi connectivity index (χ0n) is 10.0. The number of nitrogens with zero attached hydrogens (tertiary/aromatic N) is 1. The SMILES string of the molecule is Cc1ncc(C(=O)NC2CCCSC2)c(Cl)c1Cl. The molecule has 1 saturated heterocycles. The highest BCUT2D eigenvalue weighted by Crippen LogP contribution is 2.27. The van der Waals surface area contributed by atoms with E-state index in [0.717, 1.165) is 18.6 Å². The topological polar surface area (TPSA) is 42.0 Å². The first-order valence-corrected chi connectivity index (χ1v) is 7.70. The Kier molecular flexibility index (Phi) is 4.76. The lowest BCUT2D eigenvalue weighted by Crippen LogP contribution is -2.38. The van der Waals surface area contributed by atoms with Crippen molar-refractivity contribution in [2.45, 2.75) is 25.8 Å². The Morgan fingerprint density at radius 1 is 1.50 bits per heavy atom. The summed E-state index contributed by atoms with van der Waals surface area (Å²) >= 11 is 13.9. The zero-order valence-corrected chi connectivity index (χ0v) is 12.3. The Balaban J connectivity index is 2.11. The minimum absolute atomic E-state index is 0.193. The molecule has 1 amide bonds. The fourth-order valence-corrected chi connectivity index (χ4v) is 3.32. The van der Waals surface area contributed by atoms with Crippen LogP contribution in [0.15, 0.2) is 6.20 Å². The number of nitrogens with one attached hydrogen (secondary N) is 1. The van der Waals surface area contributed by atoms with E-state index in [4.69, 9.17) is 23.2 Å². The van der Waals surface area contributed by atoms with Gasteiger partial charge in [-0.3, -0.25) is 9.78 Å². The van der Waals surface area contributed by atoms with Crippen molar-refractivity contribution in [3.05, 3.63) is 27.5 Å². The number of aryl methyl sites for hydroxylation is 1. The van der Waals surface area contributed by atoms with Crippen LogP contribution in [0.4, 0.5) is 0 Å². The molecule has 2 heterocycles. The second kappa shape index (κ2) is 6.13. The standard InChI is InChI=1S/C12H14Cl2N2OS/c1-7-10(13)11(14)9(5-15-7)12(17)16-8-3-2-4-18-6-8/h5,8H,2-4,6H2,1H3,(H,16,17).